The lowest BCUT2D eigenvalue weighted by Gasteiger charge is -2.38. The van der Waals surface area contributed by atoms with E-state index in [1.807, 2.05) is 39.0 Å². The van der Waals surface area contributed by atoms with Crippen LogP contribution in [0.25, 0.3) is 5.69 Å². The summed E-state index contributed by atoms with van der Waals surface area (Å²) in [5.74, 6) is 0.854. The average Bonchev–Trinajstić information content (AvgIpc) is 3.09. The van der Waals surface area contributed by atoms with Gasteiger partial charge in [-0.1, -0.05) is 23.7 Å². The minimum Gasteiger partial charge on any atom is -0.350 e. The standard InChI is InChI=1S/C20H23ClN6O2/c1-20(2,3)24-16(28)12-26-18-13(17-22-9-6-10-25(17)19(26)29)11-23-27(18)15-8-5-4-7-14(15)21/h4-5,7-8,11H,6,9-10,12H2,1-3H3,(H,24,28). The Hall–Kier alpha value is -2.87. The highest BCUT2D eigenvalue weighted by atomic mass is 35.5. The van der Waals surface area contributed by atoms with Crippen LogP contribution in [0.1, 0.15) is 32.8 Å². The molecule has 2 aromatic rings. The summed E-state index contributed by atoms with van der Waals surface area (Å²) in [6.07, 6.45) is 2.46. The second-order valence-electron chi connectivity index (χ2n) is 8.12. The smallest absolute Gasteiger partial charge is 0.331 e. The molecule has 1 N–H and O–H groups in total. The van der Waals surface area contributed by atoms with Gasteiger partial charge in [0.15, 0.2) is 5.82 Å². The van der Waals surface area contributed by atoms with Crippen LogP contribution < -0.4 is 10.2 Å². The van der Waals surface area contributed by atoms with E-state index >= 15 is 0 Å². The van der Waals surface area contributed by atoms with Gasteiger partial charge in [-0.05, 0) is 39.3 Å². The summed E-state index contributed by atoms with van der Waals surface area (Å²) in [6, 6.07) is 6.98. The third kappa shape index (κ3) is 3.60. The molecule has 0 aliphatic carbocycles. The number of aromatic nitrogens is 2. The van der Waals surface area contributed by atoms with Gasteiger partial charge < -0.3 is 5.32 Å². The first-order valence-corrected chi connectivity index (χ1v) is 9.92. The van der Waals surface area contributed by atoms with Crippen LogP contribution in [0, 0.1) is 0 Å². The van der Waals surface area contributed by atoms with Crippen molar-refractivity contribution < 1.29 is 9.59 Å². The van der Waals surface area contributed by atoms with E-state index in [9.17, 15) is 9.59 Å². The number of amides is 3. The van der Waals surface area contributed by atoms with Crippen molar-refractivity contribution in [1.82, 2.24) is 20.0 Å². The zero-order valence-electron chi connectivity index (χ0n) is 16.6. The summed E-state index contributed by atoms with van der Waals surface area (Å²) in [5, 5.41) is 7.90. The number of aliphatic imine (C=N–C) groups is 1. The lowest BCUT2D eigenvalue weighted by molar-refractivity contribution is -0.121. The molecule has 3 heterocycles. The fourth-order valence-electron chi connectivity index (χ4n) is 3.56. The maximum Gasteiger partial charge on any atom is 0.331 e. The van der Waals surface area contributed by atoms with Crippen LogP contribution in [0.4, 0.5) is 10.6 Å². The van der Waals surface area contributed by atoms with Crippen molar-refractivity contribution in [1.29, 1.82) is 0 Å². The summed E-state index contributed by atoms with van der Waals surface area (Å²) in [5.41, 5.74) is 0.946. The van der Waals surface area contributed by atoms with Crippen LogP contribution in [0.5, 0.6) is 0 Å². The number of para-hydroxylation sites is 1. The number of amidine groups is 1. The van der Waals surface area contributed by atoms with E-state index in [0.717, 1.165) is 6.42 Å². The third-order valence-electron chi connectivity index (χ3n) is 4.66. The summed E-state index contributed by atoms with van der Waals surface area (Å²) in [4.78, 5) is 33.6. The number of hydrogen-bond acceptors (Lipinski definition) is 4. The number of anilines is 1. The van der Waals surface area contributed by atoms with Crippen LogP contribution in [0.15, 0.2) is 35.5 Å². The van der Waals surface area contributed by atoms with Crippen LogP contribution in [-0.2, 0) is 4.79 Å². The molecular weight excluding hydrogens is 392 g/mol. The van der Waals surface area contributed by atoms with E-state index in [1.165, 1.54) is 4.90 Å². The van der Waals surface area contributed by atoms with Crippen LogP contribution in [0.2, 0.25) is 5.02 Å². The van der Waals surface area contributed by atoms with E-state index in [2.05, 4.69) is 15.4 Å². The largest absolute Gasteiger partial charge is 0.350 e. The van der Waals surface area contributed by atoms with Gasteiger partial charge in [0.2, 0.25) is 5.91 Å². The fraction of sp³-hybridized carbons (Fsp3) is 0.400. The molecule has 8 nitrogen and oxygen atoms in total. The molecule has 3 amide bonds. The van der Waals surface area contributed by atoms with Crippen molar-refractivity contribution in [2.75, 3.05) is 24.5 Å². The highest BCUT2D eigenvalue weighted by Gasteiger charge is 2.40. The van der Waals surface area contributed by atoms with Crippen molar-refractivity contribution in [2.45, 2.75) is 32.7 Å². The topological polar surface area (TPSA) is 82.8 Å². The third-order valence-corrected chi connectivity index (χ3v) is 4.98. The number of rotatable bonds is 3. The molecule has 4 rings (SSSR count). The molecule has 0 spiro atoms. The molecule has 1 aromatic carbocycles. The van der Waals surface area contributed by atoms with Gasteiger partial charge in [0, 0.05) is 18.6 Å². The highest BCUT2D eigenvalue weighted by Crippen LogP contribution is 2.34. The quantitative estimate of drug-likeness (QED) is 0.838. The van der Waals surface area contributed by atoms with Crippen molar-refractivity contribution in [2.24, 2.45) is 4.99 Å². The molecule has 2 aliphatic heterocycles. The minimum absolute atomic E-state index is 0.122. The van der Waals surface area contributed by atoms with Gasteiger partial charge in [-0.25, -0.2) is 9.48 Å². The summed E-state index contributed by atoms with van der Waals surface area (Å²) in [6.45, 7) is 6.79. The number of hydrogen-bond donors (Lipinski definition) is 1. The molecule has 0 saturated carbocycles. The van der Waals surface area contributed by atoms with Gasteiger partial charge in [0.1, 0.15) is 12.4 Å². The Morgan fingerprint density at radius 2 is 2.03 bits per heavy atom. The molecule has 0 saturated heterocycles. The van der Waals surface area contributed by atoms with E-state index in [0.29, 0.717) is 41.0 Å². The first-order valence-electron chi connectivity index (χ1n) is 9.54. The number of fused-ring (bicyclic) bond motifs is 3. The molecule has 152 valence electrons. The second kappa shape index (κ2) is 7.18. The second-order valence-corrected chi connectivity index (χ2v) is 8.53. The van der Waals surface area contributed by atoms with Crippen LogP contribution in [0.3, 0.4) is 0 Å². The maximum atomic E-state index is 13.3. The van der Waals surface area contributed by atoms with E-state index in [-0.39, 0.29) is 18.5 Å². The Kier molecular flexibility index (Phi) is 4.82. The number of halogens is 1. The van der Waals surface area contributed by atoms with Gasteiger partial charge >= 0.3 is 6.03 Å². The number of carbonyl (C=O) groups excluding carboxylic acids is 2. The number of nitrogens with zero attached hydrogens (tertiary/aromatic N) is 5. The molecule has 9 heteroatoms. The molecule has 1 aromatic heterocycles. The van der Waals surface area contributed by atoms with Crippen molar-refractivity contribution in [3.63, 3.8) is 0 Å². The summed E-state index contributed by atoms with van der Waals surface area (Å²) < 4.78 is 1.61. The Morgan fingerprint density at radius 1 is 1.28 bits per heavy atom. The van der Waals surface area contributed by atoms with E-state index in [4.69, 9.17) is 11.6 Å². The maximum absolute atomic E-state index is 13.3. The zero-order chi connectivity index (χ0) is 20.8. The SMILES string of the molecule is CC(C)(C)NC(=O)CN1C(=O)N2CCCN=C2c2cnn(-c3ccccc3Cl)c21. The zero-order valence-corrected chi connectivity index (χ0v) is 17.4. The molecule has 0 atom stereocenters. The lowest BCUT2D eigenvalue weighted by atomic mass is 10.1. The molecule has 2 aliphatic rings. The minimum atomic E-state index is -0.403. The van der Waals surface area contributed by atoms with Crippen molar-refractivity contribution >= 4 is 35.2 Å². The van der Waals surface area contributed by atoms with Crippen molar-refractivity contribution in [3.05, 3.63) is 41.0 Å². The van der Waals surface area contributed by atoms with Gasteiger partial charge in [-0.2, -0.15) is 5.10 Å². The highest BCUT2D eigenvalue weighted by molar-refractivity contribution is 6.32. The molecule has 0 fully saturated rings. The van der Waals surface area contributed by atoms with E-state index < -0.39 is 5.54 Å². The summed E-state index contributed by atoms with van der Waals surface area (Å²) in [7, 11) is 0. The molecule has 29 heavy (non-hydrogen) atoms. The molecule has 0 bridgehead atoms. The number of carbonyl (C=O) groups is 2. The van der Waals surface area contributed by atoms with Crippen LogP contribution >= 0.6 is 11.6 Å². The summed E-state index contributed by atoms with van der Waals surface area (Å²) >= 11 is 6.39. The number of urea groups is 1. The van der Waals surface area contributed by atoms with Gasteiger partial charge in [0.25, 0.3) is 0 Å². The Labute approximate surface area is 174 Å². The Balaban J connectivity index is 1.82. The predicted molar refractivity (Wildman–Crippen MR) is 112 cm³/mol. The predicted octanol–water partition coefficient (Wildman–Crippen LogP) is 2.83. The average molecular weight is 415 g/mol. The van der Waals surface area contributed by atoms with Gasteiger partial charge in [-0.15, -0.1) is 0 Å². The molecular formula is C20H23ClN6O2. The Morgan fingerprint density at radius 3 is 2.76 bits per heavy atom. The first-order chi connectivity index (χ1) is 13.8. The van der Waals surface area contributed by atoms with Crippen LogP contribution in [-0.4, -0.2) is 57.6 Å². The lowest BCUT2D eigenvalue weighted by Crippen LogP contribution is -2.56. The number of benzene rings is 1. The monoisotopic (exact) mass is 414 g/mol. The first kappa shape index (κ1) is 19.4. The normalized spacial score (nSPS) is 16.3. The van der Waals surface area contributed by atoms with Gasteiger partial charge in [0.05, 0.1) is 22.5 Å². The molecule has 0 radical (unpaired) electrons. The van der Waals surface area contributed by atoms with Gasteiger partial charge in [-0.3, -0.25) is 19.6 Å². The van der Waals surface area contributed by atoms with Crippen molar-refractivity contribution in [3.8, 4) is 5.69 Å². The fourth-order valence-corrected chi connectivity index (χ4v) is 3.78. The molecule has 0 unspecified atom stereocenters. The Bertz CT molecular complexity index is 1010. The number of nitrogens with one attached hydrogen (secondary N) is 1. The van der Waals surface area contributed by atoms with E-state index in [1.54, 1.807) is 21.8 Å².